The van der Waals surface area contributed by atoms with Crippen LogP contribution in [-0.4, -0.2) is 157 Å². The van der Waals surface area contributed by atoms with Crippen LogP contribution in [0.4, 0.5) is 0 Å². The third-order valence-electron chi connectivity index (χ3n) is 12.5. The zero-order valence-corrected chi connectivity index (χ0v) is 41.9. The Morgan fingerprint density at radius 2 is 1.20 bits per heavy atom. The van der Waals surface area contributed by atoms with Gasteiger partial charge in [-0.2, -0.15) is 0 Å². The van der Waals surface area contributed by atoms with Gasteiger partial charge in [-0.1, -0.05) is 34.6 Å². The highest BCUT2D eigenvalue weighted by atomic mass is 16.5. The van der Waals surface area contributed by atoms with E-state index >= 15 is 0 Å². The molecule has 1 saturated heterocycles. The van der Waals surface area contributed by atoms with Crippen molar-refractivity contribution in [1.82, 2.24) is 31.5 Å². The number of hydrogen-bond donors (Lipinski definition) is 8. The van der Waals surface area contributed by atoms with Crippen molar-refractivity contribution in [3.63, 3.8) is 0 Å². The van der Waals surface area contributed by atoms with Crippen molar-refractivity contribution in [3.8, 4) is 0 Å². The summed E-state index contributed by atoms with van der Waals surface area (Å²) in [7, 11) is 0. The van der Waals surface area contributed by atoms with E-state index < -0.39 is 60.1 Å². The van der Waals surface area contributed by atoms with Gasteiger partial charge in [0.1, 0.15) is 12.1 Å². The number of carboxylic acids is 3. The molecule has 70 heavy (non-hydrogen) atoms. The van der Waals surface area contributed by atoms with Gasteiger partial charge in [0.15, 0.2) is 0 Å². The molecule has 1 heterocycles. The van der Waals surface area contributed by atoms with Crippen LogP contribution in [0.3, 0.4) is 0 Å². The van der Waals surface area contributed by atoms with Gasteiger partial charge in [0.05, 0.1) is 32.8 Å². The lowest BCUT2D eigenvalue weighted by Crippen LogP contribution is -2.48. The Kier molecular flexibility index (Phi) is 27.7. The lowest BCUT2D eigenvalue weighted by Gasteiger charge is -2.31. The number of nitrogens with one attached hydrogen (secondary N) is 5. The predicted octanol–water partition coefficient (Wildman–Crippen LogP) is 2.15. The Hall–Kier alpha value is -5.22. The molecule has 398 valence electrons. The number of carboxylic acid groups (broad SMARTS) is 3. The highest BCUT2D eigenvalue weighted by Gasteiger charge is 2.36. The van der Waals surface area contributed by atoms with Gasteiger partial charge in [0.2, 0.25) is 41.4 Å². The first-order valence-corrected chi connectivity index (χ1v) is 24.6. The number of amides is 7. The quantitative estimate of drug-likeness (QED) is 0.0327. The molecule has 0 aromatic carbocycles. The highest BCUT2D eigenvalue weighted by Crippen LogP contribution is 2.35. The van der Waals surface area contributed by atoms with Gasteiger partial charge in [0.25, 0.3) is 0 Å². The van der Waals surface area contributed by atoms with E-state index in [0.29, 0.717) is 97.3 Å². The number of imide groups is 1. The zero-order valence-electron chi connectivity index (χ0n) is 41.9. The summed E-state index contributed by atoms with van der Waals surface area (Å²) in [5.41, 5.74) is -0.696. The molecule has 1 aliphatic carbocycles. The minimum atomic E-state index is -1.37. The first-order chi connectivity index (χ1) is 33.0. The van der Waals surface area contributed by atoms with Crippen molar-refractivity contribution in [2.45, 2.75) is 149 Å². The summed E-state index contributed by atoms with van der Waals surface area (Å²) < 4.78 is 16.5. The number of ether oxygens (including phenoxy) is 3. The summed E-state index contributed by atoms with van der Waals surface area (Å²) in [6.07, 6.45) is 3.99. The Morgan fingerprint density at radius 3 is 1.74 bits per heavy atom. The smallest absolute Gasteiger partial charge is 0.326 e. The number of aliphatic carboxylic acids is 3. The minimum Gasteiger partial charge on any atom is -0.481 e. The lowest BCUT2D eigenvalue weighted by atomic mass is 9.76. The summed E-state index contributed by atoms with van der Waals surface area (Å²) in [5, 5.41) is 41.6. The second-order valence-corrected chi connectivity index (χ2v) is 20.0. The number of carbonyl (C=O) groups is 10. The summed E-state index contributed by atoms with van der Waals surface area (Å²) in [5.74, 6) is -6.57. The molecule has 0 aromatic heterocycles. The molecule has 2 fully saturated rings. The molecule has 0 spiro atoms. The van der Waals surface area contributed by atoms with Gasteiger partial charge < -0.3 is 56.1 Å². The third-order valence-corrected chi connectivity index (χ3v) is 12.5. The normalized spacial score (nSPS) is 18.1. The largest absolute Gasteiger partial charge is 0.481 e. The second-order valence-electron chi connectivity index (χ2n) is 20.0. The van der Waals surface area contributed by atoms with Crippen LogP contribution in [0.25, 0.3) is 0 Å². The van der Waals surface area contributed by atoms with Crippen LogP contribution in [-0.2, 0) is 62.2 Å². The van der Waals surface area contributed by atoms with Crippen LogP contribution in [0.1, 0.15) is 137 Å². The van der Waals surface area contributed by atoms with Crippen LogP contribution >= 0.6 is 0 Å². The Labute approximate surface area is 411 Å². The van der Waals surface area contributed by atoms with Crippen LogP contribution in [0.15, 0.2) is 0 Å². The predicted molar refractivity (Wildman–Crippen MR) is 253 cm³/mol. The Morgan fingerprint density at radius 1 is 0.643 bits per heavy atom. The van der Waals surface area contributed by atoms with E-state index in [9.17, 15) is 58.2 Å². The monoisotopic (exact) mass is 997 g/mol. The Balaban J connectivity index is 1.59. The van der Waals surface area contributed by atoms with E-state index in [0.717, 1.165) is 4.90 Å². The highest BCUT2D eigenvalue weighted by molar-refractivity contribution is 6.03. The molecule has 22 heteroatoms. The van der Waals surface area contributed by atoms with Crippen LogP contribution in [0, 0.1) is 28.6 Å². The van der Waals surface area contributed by atoms with Crippen molar-refractivity contribution in [3.05, 3.63) is 0 Å². The lowest BCUT2D eigenvalue weighted by molar-refractivity contribution is -0.143. The maximum atomic E-state index is 13.1. The molecule has 8 N–H and O–H groups in total. The average Bonchev–Trinajstić information content (AvgIpc) is 3.53. The maximum absolute atomic E-state index is 13.1. The molecule has 2 aliphatic rings. The molecule has 2 rings (SSSR count). The molecule has 0 radical (unpaired) electrons. The maximum Gasteiger partial charge on any atom is 0.326 e. The number of nitrogens with zero attached hydrogens (tertiary/aromatic N) is 1. The van der Waals surface area contributed by atoms with E-state index in [2.05, 4.69) is 26.6 Å². The fourth-order valence-electron chi connectivity index (χ4n) is 8.11. The van der Waals surface area contributed by atoms with Gasteiger partial charge in [0, 0.05) is 83.3 Å². The van der Waals surface area contributed by atoms with Crippen molar-refractivity contribution < 1.29 is 77.5 Å². The van der Waals surface area contributed by atoms with Crippen LogP contribution < -0.4 is 26.6 Å². The zero-order chi connectivity index (χ0) is 52.3. The molecular weight excluding hydrogens is 917 g/mol. The Bertz CT molecular complexity index is 1750. The number of likely N-dealkylation sites (tertiary alicyclic amines) is 1. The van der Waals surface area contributed by atoms with Crippen LogP contribution in [0.5, 0.6) is 0 Å². The number of rotatable bonds is 37. The average molecular weight is 997 g/mol. The van der Waals surface area contributed by atoms with Crippen molar-refractivity contribution >= 4 is 59.3 Å². The van der Waals surface area contributed by atoms with Crippen LogP contribution in [0.2, 0.25) is 0 Å². The third kappa shape index (κ3) is 26.1. The fourth-order valence-corrected chi connectivity index (χ4v) is 8.11. The van der Waals surface area contributed by atoms with Crippen molar-refractivity contribution in [1.29, 1.82) is 0 Å². The summed E-state index contributed by atoms with van der Waals surface area (Å²) >= 11 is 0. The standard InChI is InChI=1S/C48H80N6O16/c1-32-28-40(58)54(45(32)65)21-16-37(55)49-19-6-22-68-24-26-70-27-25-69-23-7-20-50-44(64)35(13-15-41(59)60)52-38(56)14-12-36(46(66)67)53-43(63)34-10-8-33(9-11-34)31-51-39(57)29-47(2,3)17-18-48(4,5)30-42(61)62/h32-36H,6-31H2,1-5H3,(H,49,55)(H,50,64)(H,51,57)(H,52,56)(H,53,63)(H,59,60)(H,61,62)(H,66,67). The van der Waals surface area contributed by atoms with Gasteiger partial charge in [-0.3, -0.25) is 48.1 Å². The molecule has 3 atom stereocenters. The molecule has 1 aliphatic heterocycles. The molecule has 7 amide bonds. The topological polar surface area (TPSA) is 322 Å². The van der Waals surface area contributed by atoms with Gasteiger partial charge >= 0.3 is 17.9 Å². The molecule has 1 saturated carbocycles. The molecule has 0 bridgehead atoms. The van der Waals surface area contributed by atoms with Gasteiger partial charge in [-0.25, -0.2) is 4.79 Å². The first kappa shape index (κ1) is 60.9. The first-order valence-electron chi connectivity index (χ1n) is 24.6. The molecular formula is C48H80N6O16. The van der Waals surface area contributed by atoms with E-state index in [4.69, 9.17) is 19.3 Å². The summed E-state index contributed by atoms with van der Waals surface area (Å²) in [6, 6.07) is -2.57. The van der Waals surface area contributed by atoms with Crippen molar-refractivity contribution in [2.24, 2.45) is 28.6 Å². The van der Waals surface area contributed by atoms with E-state index in [1.165, 1.54) is 0 Å². The van der Waals surface area contributed by atoms with Gasteiger partial charge in [-0.05, 0) is 81.0 Å². The second kappa shape index (κ2) is 31.9. The molecule has 22 nitrogen and oxygen atoms in total. The summed E-state index contributed by atoms with van der Waals surface area (Å²) in [4.78, 5) is 123. The van der Waals surface area contributed by atoms with Gasteiger partial charge in [-0.15, -0.1) is 0 Å². The minimum absolute atomic E-state index is 0.0509. The number of carbonyl (C=O) groups excluding carboxylic acids is 7. The molecule has 0 aromatic rings. The van der Waals surface area contributed by atoms with E-state index in [1.807, 2.05) is 27.7 Å². The SMILES string of the molecule is CC1CC(=O)N(CCC(=O)NCCCOCCOCCOCCCNC(=O)C(CCC(=O)O)NC(=O)CCC(NC(=O)C2CCC(CNC(=O)CC(C)(C)CCC(C)(C)CC(=O)O)CC2)C(=O)O)C1=O. The summed E-state index contributed by atoms with van der Waals surface area (Å²) in [6.45, 7) is 12.5. The molecule has 3 unspecified atom stereocenters. The fraction of sp³-hybridized carbons (Fsp3) is 0.792. The van der Waals surface area contributed by atoms with Crippen molar-refractivity contribution in [2.75, 3.05) is 65.8 Å². The number of hydrogen-bond acceptors (Lipinski definition) is 13. The van der Waals surface area contributed by atoms with E-state index in [-0.39, 0.29) is 111 Å². The van der Waals surface area contributed by atoms with E-state index in [1.54, 1.807) is 6.92 Å².